The molecule has 2 N–H and O–H groups in total. The summed E-state index contributed by atoms with van der Waals surface area (Å²) in [6.45, 7) is 4.57. The summed E-state index contributed by atoms with van der Waals surface area (Å²) in [5.74, 6) is 0.766. The van der Waals surface area contributed by atoms with Crippen LogP contribution in [0.2, 0.25) is 0 Å². The minimum Gasteiger partial charge on any atom is -0.386 e. The fraction of sp³-hybridized carbons (Fsp3) is 0.467. The van der Waals surface area contributed by atoms with Crippen molar-refractivity contribution in [2.24, 2.45) is 0 Å². The highest BCUT2D eigenvalue weighted by Crippen LogP contribution is 2.24. The Bertz CT molecular complexity index is 683. The Morgan fingerprint density at radius 2 is 2.17 bits per heavy atom. The number of aromatic nitrogens is 3. The number of carbonyl (C=O) groups excluding carboxylic acids is 1. The van der Waals surface area contributed by atoms with Crippen LogP contribution in [0.5, 0.6) is 0 Å². The van der Waals surface area contributed by atoms with E-state index in [-0.39, 0.29) is 12.5 Å². The van der Waals surface area contributed by atoms with Crippen molar-refractivity contribution in [1.82, 2.24) is 20.4 Å². The first kappa shape index (κ1) is 15.4. The quantitative estimate of drug-likeness (QED) is 0.843. The van der Waals surface area contributed by atoms with Gasteiger partial charge in [-0.15, -0.1) is 0 Å². The number of aryl methyl sites for hydroxylation is 2. The molecule has 1 aliphatic rings. The molecule has 3 heterocycles. The van der Waals surface area contributed by atoms with Crippen molar-refractivity contribution in [3.63, 3.8) is 0 Å². The lowest BCUT2D eigenvalue weighted by Gasteiger charge is -2.23. The topological polar surface area (TPSA) is 104 Å². The Morgan fingerprint density at radius 3 is 2.83 bits per heavy atom. The molecule has 122 valence electrons. The fourth-order valence-electron chi connectivity index (χ4n) is 2.77. The predicted octanol–water partition coefficient (Wildman–Crippen LogP) is 0.453. The van der Waals surface area contributed by atoms with Gasteiger partial charge in [-0.25, -0.2) is 9.97 Å². The van der Waals surface area contributed by atoms with Crippen LogP contribution in [0.15, 0.2) is 23.0 Å². The molecule has 3 rings (SSSR count). The zero-order valence-electron chi connectivity index (χ0n) is 13.1. The largest absolute Gasteiger partial charge is 0.386 e. The third-order valence-electron chi connectivity index (χ3n) is 4.01. The van der Waals surface area contributed by atoms with Crippen LogP contribution in [0.4, 0.5) is 5.95 Å². The van der Waals surface area contributed by atoms with Gasteiger partial charge in [0.15, 0.2) is 0 Å². The van der Waals surface area contributed by atoms with Crippen LogP contribution in [-0.2, 0) is 0 Å². The number of nitrogens with one attached hydrogen (secondary N) is 1. The van der Waals surface area contributed by atoms with Crippen molar-refractivity contribution in [3.05, 3.63) is 35.5 Å². The van der Waals surface area contributed by atoms with Gasteiger partial charge in [0, 0.05) is 25.5 Å². The number of aliphatic hydroxyl groups is 1. The summed E-state index contributed by atoms with van der Waals surface area (Å²) >= 11 is 0. The zero-order valence-corrected chi connectivity index (χ0v) is 13.1. The predicted molar refractivity (Wildman–Crippen MR) is 82.1 cm³/mol. The van der Waals surface area contributed by atoms with E-state index in [4.69, 9.17) is 4.52 Å². The van der Waals surface area contributed by atoms with Crippen LogP contribution in [0.1, 0.15) is 28.2 Å². The maximum Gasteiger partial charge on any atom is 0.256 e. The highest BCUT2D eigenvalue weighted by Gasteiger charge is 2.37. The summed E-state index contributed by atoms with van der Waals surface area (Å²) in [6.07, 6.45) is 3.87. The maximum absolute atomic E-state index is 12.2. The van der Waals surface area contributed by atoms with Crippen molar-refractivity contribution in [1.29, 1.82) is 0 Å². The molecule has 1 aliphatic heterocycles. The molecule has 1 amide bonds. The van der Waals surface area contributed by atoms with Gasteiger partial charge in [-0.1, -0.05) is 5.16 Å². The van der Waals surface area contributed by atoms with E-state index in [2.05, 4.69) is 20.4 Å². The average molecular weight is 317 g/mol. The van der Waals surface area contributed by atoms with Crippen molar-refractivity contribution in [3.8, 4) is 0 Å². The molecule has 2 aromatic heterocycles. The Morgan fingerprint density at radius 1 is 1.43 bits per heavy atom. The molecular weight excluding hydrogens is 298 g/mol. The number of nitrogens with zero attached hydrogens (tertiary/aromatic N) is 4. The normalized spacial score (nSPS) is 20.7. The summed E-state index contributed by atoms with van der Waals surface area (Å²) in [5, 5.41) is 17.2. The van der Waals surface area contributed by atoms with Gasteiger partial charge in [-0.3, -0.25) is 4.79 Å². The van der Waals surface area contributed by atoms with E-state index in [1.807, 2.05) is 4.90 Å². The fourth-order valence-corrected chi connectivity index (χ4v) is 2.77. The Hall–Kier alpha value is -2.48. The van der Waals surface area contributed by atoms with Gasteiger partial charge >= 0.3 is 0 Å². The number of anilines is 1. The highest BCUT2D eigenvalue weighted by molar-refractivity contribution is 5.96. The van der Waals surface area contributed by atoms with E-state index in [1.165, 1.54) is 0 Å². The van der Waals surface area contributed by atoms with Gasteiger partial charge in [0.1, 0.15) is 16.9 Å². The van der Waals surface area contributed by atoms with E-state index in [1.54, 1.807) is 32.3 Å². The molecule has 1 saturated heterocycles. The average Bonchev–Trinajstić information content (AvgIpc) is 3.10. The lowest BCUT2D eigenvalue weighted by Crippen LogP contribution is -2.45. The number of β-amino-alcohol motifs (C(OH)–C–C–N with tert-alkyl or cyclic N) is 1. The number of carbonyl (C=O) groups is 1. The second-order valence-electron chi connectivity index (χ2n) is 5.83. The number of hydrogen-bond donors (Lipinski definition) is 2. The SMILES string of the molecule is Cc1noc(C)c1C(=O)NC[C@]1(O)CCN(c2ncccn2)C1. The summed E-state index contributed by atoms with van der Waals surface area (Å²) in [4.78, 5) is 22.5. The van der Waals surface area contributed by atoms with Crippen molar-refractivity contribution in [2.75, 3.05) is 24.5 Å². The third kappa shape index (κ3) is 3.16. The first-order valence-electron chi connectivity index (χ1n) is 7.44. The first-order chi connectivity index (χ1) is 11.0. The van der Waals surface area contributed by atoms with Gasteiger partial charge in [0.2, 0.25) is 5.95 Å². The molecule has 0 bridgehead atoms. The lowest BCUT2D eigenvalue weighted by molar-refractivity contribution is 0.0574. The lowest BCUT2D eigenvalue weighted by atomic mass is 10.0. The molecule has 23 heavy (non-hydrogen) atoms. The zero-order chi connectivity index (χ0) is 16.4. The Balaban J connectivity index is 1.61. The molecule has 1 atom stereocenters. The molecule has 8 heteroatoms. The van der Waals surface area contributed by atoms with E-state index >= 15 is 0 Å². The third-order valence-corrected chi connectivity index (χ3v) is 4.01. The van der Waals surface area contributed by atoms with Gasteiger partial charge < -0.3 is 19.8 Å². The summed E-state index contributed by atoms with van der Waals surface area (Å²) in [7, 11) is 0. The first-order valence-corrected chi connectivity index (χ1v) is 7.44. The Kier molecular flexibility index (Phi) is 3.99. The molecule has 8 nitrogen and oxygen atoms in total. The maximum atomic E-state index is 12.2. The van der Waals surface area contributed by atoms with Crippen LogP contribution in [0, 0.1) is 13.8 Å². The summed E-state index contributed by atoms with van der Waals surface area (Å²) < 4.78 is 4.99. The molecule has 0 saturated carbocycles. The van der Waals surface area contributed by atoms with Crippen LogP contribution in [0.25, 0.3) is 0 Å². The van der Waals surface area contributed by atoms with Gasteiger partial charge in [0.05, 0.1) is 12.2 Å². The van der Waals surface area contributed by atoms with Crippen molar-refractivity contribution >= 4 is 11.9 Å². The molecule has 0 unspecified atom stereocenters. The van der Waals surface area contributed by atoms with Crippen molar-refractivity contribution < 1.29 is 14.4 Å². The summed E-state index contributed by atoms with van der Waals surface area (Å²) in [5.41, 5.74) is -0.0408. The number of hydrogen-bond acceptors (Lipinski definition) is 7. The molecule has 0 aromatic carbocycles. The van der Waals surface area contributed by atoms with E-state index < -0.39 is 5.60 Å². The van der Waals surface area contributed by atoms with Crippen LogP contribution in [-0.4, -0.2) is 51.4 Å². The Labute approximate surface area is 133 Å². The molecule has 0 aliphatic carbocycles. The monoisotopic (exact) mass is 317 g/mol. The van der Waals surface area contributed by atoms with Gasteiger partial charge in [-0.2, -0.15) is 0 Å². The van der Waals surface area contributed by atoms with Gasteiger partial charge in [0.25, 0.3) is 5.91 Å². The second kappa shape index (κ2) is 5.96. The van der Waals surface area contributed by atoms with Crippen molar-refractivity contribution in [2.45, 2.75) is 25.9 Å². The summed E-state index contributed by atoms with van der Waals surface area (Å²) in [6, 6.07) is 1.75. The van der Waals surface area contributed by atoms with Crippen LogP contribution in [0.3, 0.4) is 0 Å². The molecule has 1 fully saturated rings. The van der Waals surface area contributed by atoms with E-state index in [9.17, 15) is 9.90 Å². The molecule has 0 spiro atoms. The highest BCUT2D eigenvalue weighted by atomic mass is 16.5. The number of amides is 1. The van der Waals surface area contributed by atoms with Gasteiger partial charge in [-0.05, 0) is 26.3 Å². The molecular formula is C15H19N5O3. The van der Waals surface area contributed by atoms with E-state index in [0.717, 1.165) is 0 Å². The van der Waals surface area contributed by atoms with E-state index in [0.29, 0.717) is 42.5 Å². The smallest absolute Gasteiger partial charge is 0.256 e. The molecule has 2 aromatic rings. The molecule has 0 radical (unpaired) electrons. The second-order valence-corrected chi connectivity index (χ2v) is 5.83. The van der Waals surface area contributed by atoms with Crippen LogP contribution < -0.4 is 10.2 Å². The minimum atomic E-state index is -1.01. The minimum absolute atomic E-state index is 0.152. The van der Waals surface area contributed by atoms with Crippen LogP contribution >= 0.6 is 0 Å². The number of rotatable bonds is 4. The standard InChI is InChI=1S/C15H19N5O3/c1-10-12(11(2)23-19-10)13(21)18-8-15(22)4-7-20(9-15)14-16-5-3-6-17-14/h3,5-6,22H,4,7-9H2,1-2H3,(H,18,21)/t15-/m1/s1.